The Kier molecular flexibility index (Phi) is 3.59. The third kappa shape index (κ3) is 2.73. The molecule has 0 aromatic carbocycles. The van der Waals surface area contributed by atoms with Gasteiger partial charge in [-0.3, -0.25) is 0 Å². The monoisotopic (exact) mass is 250 g/mol. The molecule has 0 radical (unpaired) electrons. The van der Waals surface area contributed by atoms with E-state index < -0.39 is 0 Å². The van der Waals surface area contributed by atoms with Crippen LogP contribution in [0.3, 0.4) is 0 Å². The fourth-order valence-electron chi connectivity index (χ4n) is 2.20. The van der Waals surface area contributed by atoms with Crippen molar-refractivity contribution in [1.82, 2.24) is 9.88 Å². The minimum absolute atomic E-state index is 0.355. The molecule has 0 bridgehead atoms. The van der Waals surface area contributed by atoms with Gasteiger partial charge in [0.25, 0.3) is 0 Å². The van der Waals surface area contributed by atoms with Crippen molar-refractivity contribution in [3.8, 4) is 0 Å². The molecule has 0 aliphatic carbocycles. The number of rotatable bonds is 2. The van der Waals surface area contributed by atoms with Crippen molar-refractivity contribution < 1.29 is 0 Å². The Hall–Kier alpha value is -1.20. The summed E-state index contributed by atoms with van der Waals surface area (Å²) in [5.74, 6) is 0.968. The number of aromatic nitrogens is 1. The number of piperazine rings is 1. The molecule has 92 valence electrons. The average molecular weight is 250 g/mol. The topological polar surface area (TPSA) is 45.4 Å². The van der Waals surface area contributed by atoms with E-state index in [1.807, 2.05) is 18.2 Å². The predicted octanol–water partition coefficient (Wildman–Crippen LogP) is 0.856. The Morgan fingerprint density at radius 2 is 2.24 bits per heavy atom. The van der Waals surface area contributed by atoms with Crippen LogP contribution >= 0.6 is 12.2 Å². The lowest BCUT2D eigenvalue weighted by atomic mass is 10.2. The Morgan fingerprint density at radius 3 is 2.88 bits per heavy atom. The molecule has 1 saturated heterocycles. The van der Waals surface area contributed by atoms with Crippen molar-refractivity contribution in [2.75, 3.05) is 31.6 Å². The van der Waals surface area contributed by atoms with E-state index >= 15 is 0 Å². The van der Waals surface area contributed by atoms with Gasteiger partial charge in [-0.15, -0.1) is 0 Å². The number of anilines is 1. The van der Waals surface area contributed by atoms with Crippen molar-refractivity contribution in [2.45, 2.75) is 13.0 Å². The number of nitrogens with two attached hydrogens (primary N) is 1. The van der Waals surface area contributed by atoms with Crippen LogP contribution in [0.1, 0.15) is 12.6 Å². The number of hydrogen-bond donors (Lipinski definition) is 1. The molecule has 2 rings (SSSR count). The Labute approximate surface area is 107 Å². The highest BCUT2D eigenvalue weighted by Gasteiger charge is 2.22. The predicted molar refractivity (Wildman–Crippen MR) is 74.4 cm³/mol. The number of thiocarbonyl (C=S) groups is 1. The third-order valence-electron chi connectivity index (χ3n) is 3.11. The summed E-state index contributed by atoms with van der Waals surface area (Å²) < 4.78 is 0. The summed E-state index contributed by atoms with van der Waals surface area (Å²) in [5.41, 5.74) is 6.31. The fraction of sp³-hybridized carbons (Fsp3) is 0.500. The molecular weight excluding hydrogens is 232 g/mol. The average Bonchev–Trinajstić information content (AvgIpc) is 2.29. The van der Waals surface area contributed by atoms with Crippen LogP contribution in [0.25, 0.3) is 0 Å². The minimum atomic E-state index is 0.355. The first-order chi connectivity index (χ1) is 8.08. The molecule has 2 N–H and O–H groups in total. The minimum Gasteiger partial charge on any atom is -0.388 e. The molecule has 4 nitrogen and oxygen atoms in total. The zero-order valence-corrected chi connectivity index (χ0v) is 11.1. The third-order valence-corrected chi connectivity index (χ3v) is 3.32. The highest BCUT2D eigenvalue weighted by Crippen LogP contribution is 2.18. The highest BCUT2D eigenvalue weighted by atomic mass is 32.1. The molecule has 1 fully saturated rings. The van der Waals surface area contributed by atoms with Gasteiger partial charge in [0.15, 0.2) is 0 Å². The molecule has 5 heteroatoms. The van der Waals surface area contributed by atoms with Gasteiger partial charge in [0.1, 0.15) is 10.8 Å². The standard InChI is InChI=1S/C12H18N4S/c1-9-8-15(2)6-7-16(9)11-5-3-4-10(14-11)12(13)17/h3-5,9H,6-8H2,1-2H3,(H2,13,17). The lowest BCUT2D eigenvalue weighted by molar-refractivity contribution is 0.274. The second-order valence-electron chi connectivity index (χ2n) is 4.55. The second kappa shape index (κ2) is 4.98. The van der Waals surface area contributed by atoms with E-state index in [-0.39, 0.29) is 0 Å². The van der Waals surface area contributed by atoms with Crippen LogP contribution in [0.2, 0.25) is 0 Å². The van der Waals surface area contributed by atoms with Crippen LogP contribution in [-0.4, -0.2) is 47.6 Å². The summed E-state index contributed by atoms with van der Waals surface area (Å²) >= 11 is 4.96. The summed E-state index contributed by atoms with van der Waals surface area (Å²) in [6.07, 6.45) is 0. The van der Waals surface area contributed by atoms with Gasteiger partial charge in [-0.25, -0.2) is 4.98 Å². The van der Waals surface area contributed by atoms with Crippen LogP contribution in [-0.2, 0) is 0 Å². The van der Waals surface area contributed by atoms with E-state index in [0.29, 0.717) is 16.7 Å². The molecule has 2 heterocycles. The van der Waals surface area contributed by atoms with Crippen molar-refractivity contribution in [3.63, 3.8) is 0 Å². The Morgan fingerprint density at radius 1 is 1.47 bits per heavy atom. The van der Waals surface area contributed by atoms with Crippen molar-refractivity contribution in [3.05, 3.63) is 23.9 Å². The molecule has 0 amide bonds. The Bertz CT molecular complexity index is 421. The van der Waals surface area contributed by atoms with Gasteiger partial charge in [-0.05, 0) is 26.1 Å². The van der Waals surface area contributed by atoms with Gasteiger partial charge < -0.3 is 15.5 Å². The maximum atomic E-state index is 5.61. The summed E-state index contributed by atoms with van der Waals surface area (Å²) in [4.78, 5) is 9.51. The largest absolute Gasteiger partial charge is 0.388 e. The van der Waals surface area contributed by atoms with E-state index in [2.05, 4.69) is 28.8 Å². The molecule has 1 atom stereocenters. The summed E-state index contributed by atoms with van der Waals surface area (Å²) in [5, 5.41) is 0. The molecular formula is C12H18N4S. The second-order valence-corrected chi connectivity index (χ2v) is 4.99. The van der Waals surface area contributed by atoms with Crippen LogP contribution in [0.4, 0.5) is 5.82 Å². The van der Waals surface area contributed by atoms with E-state index in [9.17, 15) is 0 Å². The zero-order chi connectivity index (χ0) is 12.4. The van der Waals surface area contributed by atoms with Crippen molar-refractivity contribution in [1.29, 1.82) is 0 Å². The quantitative estimate of drug-likeness (QED) is 0.789. The van der Waals surface area contributed by atoms with E-state index in [1.54, 1.807) is 0 Å². The molecule has 1 unspecified atom stereocenters. The number of pyridine rings is 1. The SMILES string of the molecule is CC1CN(C)CCN1c1cccc(C(N)=S)n1. The first kappa shape index (κ1) is 12.3. The first-order valence-electron chi connectivity index (χ1n) is 5.80. The lowest BCUT2D eigenvalue weighted by Gasteiger charge is -2.39. The van der Waals surface area contributed by atoms with Gasteiger partial charge >= 0.3 is 0 Å². The van der Waals surface area contributed by atoms with E-state index in [0.717, 1.165) is 25.5 Å². The van der Waals surface area contributed by atoms with Crippen LogP contribution < -0.4 is 10.6 Å². The molecule has 1 aromatic rings. The van der Waals surface area contributed by atoms with Crippen molar-refractivity contribution in [2.24, 2.45) is 5.73 Å². The van der Waals surface area contributed by atoms with Gasteiger partial charge in [0, 0.05) is 25.7 Å². The van der Waals surface area contributed by atoms with Crippen LogP contribution in [0.5, 0.6) is 0 Å². The van der Waals surface area contributed by atoms with Crippen LogP contribution in [0.15, 0.2) is 18.2 Å². The lowest BCUT2D eigenvalue weighted by Crippen LogP contribution is -2.50. The smallest absolute Gasteiger partial charge is 0.129 e. The van der Waals surface area contributed by atoms with E-state index in [4.69, 9.17) is 18.0 Å². The maximum Gasteiger partial charge on any atom is 0.129 e. The van der Waals surface area contributed by atoms with E-state index in [1.165, 1.54) is 0 Å². The summed E-state index contributed by atoms with van der Waals surface area (Å²) in [6, 6.07) is 6.29. The van der Waals surface area contributed by atoms with Gasteiger partial charge in [-0.1, -0.05) is 18.3 Å². The molecule has 1 aliphatic rings. The normalized spacial score (nSPS) is 21.5. The molecule has 17 heavy (non-hydrogen) atoms. The highest BCUT2D eigenvalue weighted by molar-refractivity contribution is 7.80. The maximum absolute atomic E-state index is 5.61. The van der Waals surface area contributed by atoms with Gasteiger partial charge in [0.05, 0.1) is 5.69 Å². The molecule has 1 aromatic heterocycles. The Balaban J connectivity index is 2.22. The van der Waals surface area contributed by atoms with Crippen molar-refractivity contribution >= 4 is 23.0 Å². The summed E-state index contributed by atoms with van der Waals surface area (Å²) in [7, 11) is 2.15. The molecule has 1 aliphatic heterocycles. The molecule has 0 spiro atoms. The summed E-state index contributed by atoms with van der Waals surface area (Å²) in [6.45, 7) is 5.32. The zero-order valence-electron chi connectivity index (χ0n) is 10.3. The first-order valence-corrected chi connectivity index (χ1v) is 6.21. The van der Waals surface area contributed by atoms with Crippen LogP contribution in [0, 0.1) is 0 Å². The van der Waals surface area contributed by atoms with Gasteiger partial charge in [0.2, 0.25) is 0 Å². The number of nitrogens with zero attached hydrogens (tertiary/aromatic N) is 3. The van der Waals surface area contributed by atoms with Gasteiger partial charge in [-0.2, -0.15) is 0 Å². The fourth-order valence-corrected chi connectivity index (χ4v) is 2.31. The number of likely N-dealkylation sites (N-methyl/N-ethyl adjacent to an activating group) is 1. The number of hydrogen-bond acceptors (Lipinski definition) is 4. The molecule has 0 saturated carbocycles.